The average molecular weight is 306 g/mol. The Balaban J connectivity index is 5.85. The lowest BCUT2D eigenvalue weighted by Gasteiger charge is -2.48. The zero-order chi connectivity index (χ0) is 13.4. The van der Waals surface area contributed by atoms with E-state index in [-0.39, 0.29) is 0 Å². The van der Waals surface area contributed by atoms with Crippen LogP contribution in [0.4, 0.5) is 0 Å². The first kappa shape index (κ1) is 16.9. The molecule has 0 fully saturated rings. The van der Waals surface area contributed by atoms with Gasteiger partial charge in [-0.2, -0.15) is 0 Å². The van der Waals surface area contributed by atoms with Crippen molar-refractivity contribution in [3.8, 4) is 0 Å². The van der Waals surface area contributed by atoms with E-state index in [0.29, 0.717) is 0 Å². The molecular formula is C7H14O5S4. The lowest BCUT2D eigenvalue weighted by Crippen LogP contribution is -2.65. The second-order valence-corrected chi connectivity index (χ2v) is 6.15. The molecule has 4 N–H and O–H groups in total. The molecule has 0 bridgehead atoms. The summed E-state index contributed by atoms with van der Waals surface area (Å²) in [5.41, 5.74) is -4.06. The smallest absolute Gasteiger partial charge is 0.181 e. The van der Waals surface area contributed by atoms with Crippen LogP contribution >= 0.6 is 50.5 Å². The average Bonchev–Trinajstić information content (AvgIpc) is 2.01. The highest BCUT2D eigenvalue weighted by molar-refractivity contribution is 8.00. The summed E-state index contributed by atoms with van der Waals surface area (Å²) in [4.78, 5) is 8.71. The first-order valence-corrected chi connectivity index (χ1v) is 5.91. The van der Waals surface area contributed by atoms with Crippen LogP contribution in [0.1, 0.15) is 6.92 Å². The van der Waals surface area contributed by atoms with Crippen molar-refractivity contribution in [2.45, 2.75) is 21.6 Å². The van der Waals surface area contributed by atoms with Crippen LogP contribution in [0.5, 0.6) is 0 Å². The first-order chi connectivity index (χ1) is 6.95. The molecule has 0 aromatic carbocycles. The van der Waals surface area contributed by atoms with Crippen LogP contribution in [-0.4, -0.2) is 47.5 Å². The van der Waals surface area contributed by atoms with E-state index >= 15 is 0 Å². The van der Waals surface area contributed by atoms with Crippen LogP contribution in [0.3, 0.4) is 0 Å². The van der Waals surface area contributed by atoms with Crippen molar-refractivity contribution >= 4 is 56.3 Å². The van der Waals surface area contributed by atoms with Gasteiger partial charge in [-0.3, -0.25) is 4.79 Å². The fourth-order valence-corrected chi connectivity index (χ4v) is 3.20. The summed E-state index contributed by atoms with van der Waals surface area (Å²) in [6.07, 6.45) is 0. The van der Waals surface area contributed by atoms with Gasteiger partial charge in [-0.15, -0.1) is 50.5 Å². The van der Waals surface area contributed by atoms with Crippen molar-refractivity contribution in [1.82, 2.24) is 0 Å². The number of carbonyl (C=O) groups excluding carboxylic acids is 1. The number of Topliss-reactive ketones (excluding diaryl/α,β-unsaturated/α-hetero) is 1. The Morgan fingerprint density at radius 2 is 1.69 bits per heavy atom. The molecule has 0 radical (unpaired) electrons. The Morgan fingerprint density at radius 3 is 1.75 bits per heavy atom. The van der Waals surface area contributed by atoms with Gasteiger partial charge in [0.1, 0.15) is 10.9 Å². The molecule has 0 heterocycles. The Bertz CT molecular complexity index is 274. The van der Waals surface area contributed by atoms with E-state index < -0.39 is 32.4 Å². The highest BCUT2D eigenvalue weighted by Crippen LogP contribution is 2.51. The normalized spacial score (nSPS) is 22.1. The second kappa shape index (κ2) is 5.27. The summed E-state index contributed by atoms with van der Waals surface area (Å²) in [5, 5.41) is 38.3. The third-order valence-electron chi connectivity index (χ3n) is 2.40. The lowest BCUT2D eigenvalue weighted by molar-refractivity contribution is -0.160. The molecule has 0 amide bonds. The van der Waals surface area contributed by atoms with Gasteiger partial charge < -0.3 is 20.4 Å². The quantitative estimate of drug-likeness (QED) is 0.244. The maximum Gasteiger partial charge on any atom is 0.181 e. The van der Waals surface area contributed by atoms with Crippen molar-refractivity contribution in [3.05, 3.63) is 0 Å². The minimum absolute atomic E-state index is 0.903. The standard InChI is InChI=1S/C7H14O5S4/c1-3(9)6(11,14)5(2-8,4(10)13)7(12,15)16/h4,8,10-16H,2H2,1H3. The van der Waals surface area contributed by atoms with Gasteiger partial charge in [0.25, 0.3) is 0 Å². The molecule has 96 valence electrons. The van der Waals surface area contributed by atoms with E-state index in [1.54, 1.807) is 0 Å². The van der Waals surface area contributed by atoms with Gasteiger partial charge in [0.05, 0.1) is 6.61 Å². The summed E-state index contributed by atoms with van der Waals surface area (Å²) in [6.45, 7) is -0.0401. The third kappa shape index (κ3) is 2.51. The fourth-order valence-electron chi connectivity index (χ4n) is 1.20. The van der Waals surface area contributed by atoms with E-state index in [4.69, 9.17) is 0 Å². The third-order valence-corrected chi connectivity index (χ3v) is 4.35. The molecule has 0 aliphatic rings. The fraction of sp³-hybridized carbons (Fsp3) is 0.857. The molecule has 0 aromatic rings. The molecule has 0 rings (SSSR count). The lowest BCUT2D eigenvalue weighted by atomic mass is 9.80. The minimum atomic E-state index is -2.55. The largest absolute Gasteiger partial charge is 0.395 e. The van der Waals surface area contributed by atoms with Gasteiger partial charge in [-0.05, 0) is 6.92 Å². The number of thiol groups is 4. The molecule has 9 heteroatoms. The molecule has 3 atom stereocenters. The van der Waals surface area contributed by atoms with Gasteiger partial charge in [-0.25, -0.2) is 0 Å². The van der Waals surface area contributed by atoms with Crippen LogP contribution in [0.2, 0.25) is 0 Å². The van der Waals surface area contributed by atoms with E-state index in [0.717, 1.165) is 6.92 Å². The van der Waals surface area contributed by atoms with Crippen LogP contribution < -0.4 is 0 Å². The number of ketones is 1. The minimum Gasteiger partial charge on any atom is -0.395 e. The van der Waals surface area contributed by atoms with Gasteiger partial charge >= 0.3 is 0 Å². The Hall–Kier alpha value is 0.910. The van der Waals surface area contributed by atoms with Crippen molar-refractivity contribution in [2.75, 3.05) is 6.61 Å². The van der Waals surface area contributed by atoms with Crippen LogP contribution in [-0.2, 0) is 4.79 Å². The Morgan fingerprint density at radius 1 is 1.31 bits per heavy atom. The van der Waals surface area contributed by atoms with E-state index in [1.807, 2.05) is 0 Å². The zero-order valence-electron chi connectivity index (χ0n) is 8.27. The number of aliphatic hydroxyl groups excluding tert-OH is 2. The summed E-state index contributed by atoms with van der Waals surface area (Å²) >= 11 is 14.5. The van der Waals surface area contributed by atoms with E-state index in [1.165, 1.54) is 0 Å². The molecular weight excluding hydrogens is 292 g/mol. The van der Waals surface area contributed by atoms with Crippen molar-refractivity contribution in [2.24, 2.45) is 5.41 Å². The zero-order valence-corrected chi connectivity index (χ0v) is 11.8. The molecule has 0 aromatic heterocycles. The first-order valence-electron chi connectivity index (χ1n) is 4.05. The van der Waals surface area contributed by atoms with Crippen molar-refractivity contribution < 1.29 is 25.2 Å². The van der Waals surface area contributed by atoms with Gasteiger partial charge in [0, 0.05) is 0 Å². The summed E-state index contributed by atoms with van der Waals surface area (Å²) in [5.74, 6) is -0.903. The van der Waals surface area contributed by atoms with Gasteiger partial charge in [-0.1, -0.05) is 0 Å². The van der Waals surface area contributed by atoms with E-state index in [2.05, 4.69) is 50.5 Å². The van der Waals surface area contributed by atoms with Crippen molar-refractivity contribution in [3.63, 3.8) is 0 Å². The van der Waals surface area contributed by atoms with E-state index in [9.17, 15) is 25.2 Å². The molecule has 0 aliphatic heterocycles. The summed E-state index contributed by atoms with van der Waals surface area (Å²) in [7, 11) is 0. The van der Waals surface area contributed by atoms with Gasteiger partial charge in [0.15, 0.2) is 15.0 Å². The van der Waals surface area contributed by atoms with Gasteiger partial charge in [0.2, 0.25) is 0 Å². The topological polar surface area (TPSA) is 98.0 Å². The molecule has 0 spiro atoms. The summed E-state index contributed by atoms with van der Waals surface area (Å²) < 4.78 is -2.38. The Kier molecular flexibility index (Phi) is 5.57. The predicted molar refractivity (Wildman–Crippen MR) is 72.1 cm³/mol. The second-order valence-electron chi connectivity index (χ2n) is 3.37. The molecule has 16 heavy (non-hydrogen) atoms. The molecule has 3 unspecified atom stereocenters. The number of carbonyl (C=O) groups is 1. The highest BCUT2D eigenvalue weighted by Gasteiger charge is 2.64. The maximum atomic E-state index is 11.3. The molecule has 5 nitrogen and oxygen atoms in total. The molecule has 0 saturated heterocycles. The SMILES string of the molecule is CC(=O)C(O)(S)C(CO)(C(O)S)C(O)(S)S. The highest BCUT2D eigenvalue weighted by atomic mass is 32.2. The number of rotatable bonds is 5. The predicted octanol–water partition coefficient (Wildman–Crippen LogP) is -1.07. The molecule has 0 saturated carbocycles. The summed E-state index contributed by atoms with van der Waals surface area (Å²) in [6, 6.07) is 0. The maximum absolute atomic E-state index is 11.3. The molecule has 0 aliphatic carbocycles. The monoisotopic (exact) mass is 306 g/mol. The number of hydrogen-bond donors (Lipinski definition) is 8. The van der Waals surface area contributed by atoms with Crippen LogP contribution in [0, 0.1) is 5.41 Å². The van der Waals surface area contributed by atoms with Crippen LogP contribution in [0.25, 0.3) is 0 Å². The van der Waals surface area contributed by atoms with Crippen LogP contribution in [0.15, 0.2) is 0 Å². The number of hydrogen-bond acceptors (Lipinski definition) is 9. The number of aliphatic hydroxyl groups is 4. The van der Waals surface area contributed by atoms with Crippen molar-refractivity contribution in [1.29, 1.82) is 0 Å². The Labute approximate surface area is 115 Å².